The van der Waals surface area contributed by atoms with Crippen LogP contribution in [-0.4, -0.2) is 35.9 Å². The van der Waals surface area contributed by atoms with Gasteiger partial charge in [0.1, 0.15) is 0 Å². The van der Waals surface area contributed by atoms with Crippen LogP contribution in [-0.2, 0) is 0 Å². The van der Waals surface area contributed by atoms with Crippen molar-refractivity contribution >= 4 is 34.8 Å². The third-order valence-corrected chi connectivity index (χ3v) is 3.19. The van der Waals surface area contributed by atoms with Gasteiger partial charge < -0.3 is 20.5 Å². The summed E-state index contributed by atoms with van der Waals surface area (Å²) in [5.41, 5.74) is 0.732. The fourth-order valence-electron chi connectivity index (χ4n) is 1.36. The number of benzene rings is 1. The molecule has 18 heavy (non-hydrogen) atoms. The number of aromatic hydroxyl groups is 1. The van der Waals surface area contributed by atoms with Crippen LogP contribution in [0.15, 0.2) is 18.2 Å². The first-order valence-corrected chi connectivity index (χ1v) is 7.38. The third-order valence-electron chi connectivity index (χ3n) is 2.25. The highest BCUT2D eigenvalue weighted by Gasteiger charge is 2.03. The van der Waals surface area contributed by atoms with Gasteiger partial charge in [0.2, 0.25) is 0 Å². The topological polar surface area (TPSA) is 53.5 Å². The molecule has 6 heteroatoms. The van der Waals surface area contributed by atoms with Gasteiger partial charge in [-0.1, -0.05) is 0 Å². The maximum atomic E-state index is 9.62. The first-order valence-electron chi connectivity index (χ1n) is 5.58. The number of methoxy groups -OCH3 is 1. The van der Waals surface area contributed by atoms with E-state index in [4.69, 9.17) is 17.0 Å². The normalized spacial score (nSPS) is 9.89. The maximum Gasteiger partial charge on any atom is 0.170 e. The Bertz CT molecular complexity index is 400. The third kappa shape index (κ3) is 5.01. The van der Waals surface area contributed by atoms with Gasteiger partial charge in [-0.05, 0) is 42.8 Å². The number of ether oxygens (including phenoxy) is 1. The summed E-state index contributed by atoms with van der Waals surface area (Å²) in [5, 5.41) is 16.3. The molecule has 0 fully saturated rings. The summed E-state index contributed by atoms with van der Waals surface area (Å²) in [6.07, 6.45) is 3.15. The van der Waals surface area contributed by atoms with E-state index in [0.29, 0.717) is 10.9 Å². The van der Waals surface area contributed by atoms with E-state index in [9.17, 15) is 5.11 Å². The molecule has 0 aliphatic carbocycles. The minimum Gasteiger partial charge on any atom is -0.504 e. The zero-order chi connectivity index (χ0) is 13.4. The largest absolute Gasteiger partial charge is 0.504 e. The van der Waals surface area contributed by atoms with Crippen LogP contribution in [0.1, 0.15) is 6.42 Å². The molecule has 100 valence electrons. The lowest BCUT2D eigenvalue weighted by atomic mass is 10.3. The summed E-state index contributed by atoms with van der Waals surface area (Å²) in [5.74, 6) is 1.64. The van der Waals surface area contributed by atoms with Gasteiger partial charge in [-0.3, -0.25) is 0 Å². The molecule has 1 aromatic rings. The van der Waals surface area contributed by atoms with Gasteiger partial charge in [-0.25, -0.2) is 0 Å². The van der Waals surface area contributed by atoms with Crippen molar-refractivity contribution in [3.05, 3.63) is 18.2 Å². The quantitative estimate of drug-likeness (QED) is 0.552. The van der Waals surface area contributed by atoms with E-state index in [1.807, 2.05) is 11.8 Å². The average molecular weight is 286 g/mol. The number of rotatable bonds is 6. The standard InChI is InChI=1S/C12H18N2O2S2/c1-16-11-5-4-9(8-10(11)15)14-12(17)13-6-3-7-18-2/h4-5,8,15H,3,6-7H2,1-2H3,(H2,13,14,17). The Morgan fingerprint density at radius 3 is 2.89 bits per heavy atom. The minimum absolute atomic E-state index is 0.0904. The fourth-order valence-corrected chi connectivity index (χ4v) is 2.01. The molecular weight excluding hydrogens is 268 g/mol. The molecule has 1 aromatic carbocycles. The van der Waals surface area contributed by atoms with Crippen molar-refractivity contribution in [3.63, 3.8) is 0 Å². The first kappa shape index (κ1) is 14.9. The first-order chi connectivity index (χ1) is 8.67. The molecule has 0 unspecified atom stereocenters. The van der Waals surface area contributed by atoms with E-state index < -0.39 is 0 Å². The highest BCUT2D eigenvalue weighted by Crippen LogP contribution is 2.28. The van der Waals surface area contributed by atoms with Crippen LogP contribution in [0.3, 0.4) is 0 Å². The Kier molecular flexibility index (Phi) is 6.67. The van der Waals surface area contributed by atoms with Crippen molar-refractivity contribution in [1.82, 2.24) is 5.32 Å². The van der Waals surface area contributed by atoms with E-state index in [0.717, 1.165) is 24.4 Å². The van der Waals surface area contributed by atoms with Crippen LogP contribution in [0.5, 0.6) is 11.5 Å². The lowest BCUT2D eigenvalue weighted by Gasteiger charge is -2.11. The molecule has 0 heterocycles. The number of hydrogen-bond acceptors (Lipinski definition) is 4. The molecule has 0 aliphatic rings. The van der Waals surface area contributed by atoms with Gasteiger partial charge in [0, 0.05) is 18.3 Å². The lowest BCUT2D eigenvalue weighted by Crippen LogP contribution is -2.29. The smallest absolute Gasteiger partial charge is 0.170 e. The second-order valence-electron chi connectivity index (χ2n) is 3.61. The number of phenolic OH excluding ortho intramolecular Hbond substituents is 1. The summed E-state index contributed by atoms with van der Waals surface area (Å²) < 4.78 is 4.97. The Labute approximate surface area is 117 Å². The molecule has 0 amide bonds. The van der Waals surface area contributed by atoms with Crippen molar-refractivity contribution in [2.24, 2.45) is 0 Å². The van der Waals surface area contributed by atoms with Crippen LogP contribution in [0.4, 0.5) is 5.69 Å². The summed E-state index contributed by atoms with van der Waals surface area (Å²) in [6.45, 7) is 0.842. The molecular formula is C12H18N2O2S2. The van der Waals surface area contributed by atoms with Gasteiger partial charge >= 0.3 is 0 Å². The number of hydrogen-bond donors (Lipinski definition) is 3. The zero-order valence-corrected chi connectivity index (χ0v) is 12.2. The molecule has 0 atom stereocenters. The molecule has 3 N–H and O–H groups in total. The van der Waals surface area contributed by atoms with Crippen molar-refractivity contribution in [2.75, 3.05) is 31.0 Å². The molecule has 0 aliphatic heterocycles. The fraction of sp³-hybridized carbons (Fsp3) is 0.417. The number of thiocarbonyl (C=S) groups is 1. The Morgan fingerprint density at radius 2 is 2.28 bits per heavy atom. The van der Waals surface area contributed by atoms with Crippen LogP contribution < -0.4 is 15.4 Å². The highest BCUT2D eigenvalue weighted by atomic mass is 32.2. The van der Waals surface area contributed by atoms with E-state index in [-0.39, 0.29) is 5.75 Å². The number of nitrogens with one attached hydrogen (secondary N) is 2. The summed E-state index contributed by atoms with van der Waals surface area (Å²) >= 11 is 6.96. The molecule has 0 saturated carbocycles. The molecule has 0 bridgehead atoms. The van der Waals surface area contributed by atoms with Crippen LogP contribution in [0.2, 0.25) is 0 Å². The van der Waals surface area contributed by atoms with E-state index in [1.54, 1.807) is 18.2 Å². The van der Waals surface area contributed by atoms with Gasteiger partial charge in [0.05, 0.1) is 7.11 Å². The van der Waals surface area contributed by atoms with Crippen molar-refractivity contribution < 1.29 is 9.84 Å². The van der Waals surface area contributed by atoms with Crippen LogP contribution in [0.25, 0.3) is 0 Å². The van der Waals surface area contributed by atoms with E-state index >= 15 is 0 Å². The van der Waals surface area contributed by atoms with Gasteiger partial charge in [0.15, 0.2) is 16.6 Å². The molecule has 4 nitrogen and oxygen atoms in total. The number of anilines is 1. The Balaban J connectivity index is 2.42. The predicted molar refractivity (Wildman–Crippen MR) is 81.9 cm³/mol. The summed E-state index contributed by atoms with van der Waals surface area (Å²) in [7, 11) is 1.51. The van der Waals surface area contributed by atoms with Crippen LogP contribution >= 0.6 is 24.0 Å². The van der Waals surface area contributed by atoms with Crippen molar-refractivity contribution in [2.45, 2.75) is 6.42 Å². The second-order valence-corrected chi connectivity index (χ2v) is 5.01. The lowest BCUT2D eigenvalue weighted by molar-refractivity contribution is 0.373. The Hall–Kier alpha value is -1.14. The summed E-state index contributed by atoms with van der Waals surface area (Å²) in [4.78, 5) is 0. The summed E-state index contributed by atoms with van der Waals surface area (Å²) in [6, 6.07) is 5.07. The average Bonchev–Trinajstić information content (AvgIpc) is 2.35. The molecule has 0 spiro atoms. The monoisotopic (exact) mass is 286 g/mol. The highest BCUT2D eigenvalue weighted by molar-refractivity contribution is 7.98. The second kappa shape index (κ2) is 8.05. The van der Waals surface area contributed by atoms with Crippen molar-refractivity contribution in [3.8, 4) is 11.5 Å². The van der Waals surface area contributed by atoms with Gasteiger partial charge in [-0.15, -0.1) is 0 Å². The van der Waals surface area contributed by atoms with E-state index in [1.165, 1.54) is 7.11 Å². The predicted octanol–water partition coefficient (Wildman–Crippen LogP) is 2.44. The zero-order valence-electron chi connectivity index (χ0n) is 10.5. The molecule has 0 radical (unpaired) electrons. The van der Waals surface area contributed by atoms with Crippen LogP contribution in [0, 0.1) is 0 Å². The molecule has 0 aromatic heterocycles. The molecule has 0 saturated heterocycles. The van der Waals surface area contributed by atoms with Gasteiger partial charge in [0.25, 0.3) is 0 Å². The minimum atomic E-state index is 0.0904. The van der Waals surface area contributed by atoms with Crippen molar-refractivity contribution in [1.29, 1.82) is 0 Å². The molecule has 1 rings (SSSR count). The Morgan fingerprint density at radius 1 is 1.50 bits per heavy atom. The number of thioether (sulfide) groups is 1. The SMILES string of the molecule is COc1ccc(NC(=S)NCCCSC)cc1O. The van der Waals surface area contributed by atoms with E-state index in [2.05, 4.69) is 16.9 Å². The maximum absolute atomic E-state index is 9.62. The van der Waals surface area contributed by atoms with Gasteiger partial charge in [-0.2, -0.15) is 11.8 Å². The number of phenols is 1.